The van der Waals surface area contributed by atoms with Gasteiger partial charge in [0.1, 0.15) is 0 Å². The van der Waals surface area contributed by atoms with Gasteiger partial charge in [0.15, 0.2) is 0 Å². The largest absolute Gasteiger partial charge is 0.321 e. The summed E-state index contributed by atoms with van der Waals surface area (Å²) < 4.78 is 1.50. The molecular formula is C19H16ClN3O2. The summed E-state index contributed by atoms with van der Waals surface area (Å²) in [6, 6.07) is 13.8. The molecule has 3 rings (SSSR count). The molecule has 0 aliphatic carbocycles. The molecule has 0 unspecified atom stereocenters. The van der Waals surface area contributed by atoms with Crippen LogP contribution in [0.5, 0.6) is 0 Å². The lowest BCUT2D eigenvalue weighted by molar-refractivity contribution is 0.102. The summed E-state index contributed by atoms with van der Waals surface area (Å²) in [6.45, 7) is 2.18. The van der Waals surface area contributed by atoms with E-state index in [1.807, 2.05) is 25.1 Å². The van der Waals surface area contributed by atoms with Crippen LogP contribution in [-0.4, -0.2) is 15.5 Å². The molecule has 0 saturated carbocycles. The highest BCUT2D eigenvalue weighted by molar-refractivity contribution is 6.31. The van der Waals surface area contributed by atoms with Crippen LogP contribution in [0.15, 0.2) is 65.7 Å². The summed E-state index contributed by atoms with van der Waals surface area (Å²) in [6.07, 6.45) is 3.12. The molecule has 0 fully saturated rings. The highest BCUT2D eigenvalue weighted by Crippen LogP contribution is 2.16. The zero-order valence-electron chi connectivity index (χ0n) is 13.6. The predicted octanol–water partition coefficient (Wildman–Crippen LogP) is 3.51. The maximum absolute atomic E-state index is 12.3. The van der Waals surface area contributed by atoms with Crippen LogP contribution in [0.3, 0.4) is 0 Å². The number of amides is 1. The minimum atomic E-state index is -0.282. The Morgan fingerprint density at radius 1 is 1.16 bits per heavy atom. The van der Waals surface area contributed by atoms with Crippen molar-refractivity contribution in [1.29, 1.82) is 0 Å². The third-order valence-corrected chi connectivity index (χ3v) is 4.08. The van der Waals surface area contributed by atoms with Crippen LogP contribution in [0.25, 0.3) is 0 Å². The van der Waals surface area contributed by atoms with Gasteiger partial charge < -0.3 is 9.88 Å². The number of pyridine rings is 2. The molecule has 0 aliphatic rings. The topological polar surface area (TPSA) is 64.0 Å². The first-order valence-corrected chi connectivity index (χ1v) is 8.08. The molecule has 2 heterocycles. The van der Waals surface area contributed by atoms with E-state index in [1.54, 1.807) is 30.5 Å². The molecule has 0 bridgehead atoms. The molecule has 0 aliphatic heterocycles. The smallest absolute Gasteiger partial charge is 0.257 e. The number of rotatable bonds is 4. The van der Waals surface area contributed by atoms with Crippen LogP contribution in [0.2, 0.25) is 5.02 Å². The van der Waals surface area contributed by atoms with Gasteiger partial charge in [0.2, 0.25) is 0 Å². The fourth-order valence-electron chi connectivity index (χ4n) is 2.34. The Morgan fingerprint density at radius 3 is 2.68 bits per heavy atom. The third-order valence-electron chi connectivity index (χ3n) is 3.71. The normalized spacial score (nSPS) is 10.5. The first kappa shape index (κ1) is 16.9. The summed E-state index contributed by atoms with van der Waals surface area (Å²) in [4.78, 5) is 28.5. The molecule has 0 spiro atoms. The number of halogens is 1. The number of aryl methyl sites for hydroxylation is 1. The van der Waals surface area contributed by atoms with E-state index in [9.17, 15) is 9.59 Å². The molecule has 6 heteroatoms. The van der Waals surface area contributed by atoms with E-state index in [4.69, 9.17) is 11.6 Å². The van der Waals surface area contributed by atoms with E-state index >= 15 is 0 Å². The Morgan fingerprint density at radius 2 is 1.96 bits per heavy atom. The van der Waals surface area contributed by atoms with Gasteiger partial charge in [0.25, 0.3) is 11.5 Å². The monoisotopic (exact) mass is 353 g/mol. The van der Waals surface area contributed by atoms with Gasteiger partial charge in [0, 0.05) is 29.2 Å². The maximum atomic E-state index is 12.3. The lowest BCUT2D eigenvalue weighted by atomic mass is 10.2. The second kappa shape index (κ2) is 7.32. The van der Waals surface area contributed by atoms with Crippen LogP contribution in [0.4, 0.5) is 5.69 Å². The average molecular weight is 354 g/mol. The zero-order valence-corrected chi connectivity index (χ0v) is 14.3. The molecule has 5 nitrogen and oxygen atoms in total. The van der Waals surface area contributed by atoms with Crippen LogP contribution < -0.4 is 10.9 Å². The molecule has 0 radical (unpaired) electrons. The fraction of sp³-hybridized carbons (Fsp3) is 0.105. The Kier molecular flexibility index (Phi) is 4.95. The van der Waals surface area contributed by atoms with Crippen molar-refractivity contribution >= 4 is 23.2 Å². The van der Waals surface area contributed by atoms with E-state index < -0.39 is 0 Å². The minimum Gasteiger partial charge on any atom is -0.321 e. The highest BCUT2D eigenvalue weighted by atomic mass is 35.5. The quantitative estimate of drug-likeness (QED) is 0.780. The number of nitrogens with zero attached hydrogens (tertiary/aromatic N) is 2. The van der Waals surface area contributed by atoms with Crippen molar-refractivity contribution in [2.45, 2.75) is 13.5 Å². The first-order valence-electron chi connectivity index (χ1n) is 7.71. The number of hydrogen-bond acceptors (Lipinski definition) is 3. The van der Waals surface area contributed by atoms with Crippen LogP contribution >= 0.6 is 11.6 Å². The number of carbonyl (C=O) groups is 1. The highest BCUT2D eigenvalue weighted by Gasteiger charge is 2.08. The van der Waals surface area contributed by atoms with E-state index in [0.717, 1.165) is 11.3 Å². The lowest BCUT2D eigenvalue weighted by Crippen LogP contribution is -2.21. The standard InChI is InChI=1S/C19H16ClN3O2/c1-13-6-7-14(10-21-13)19(25)22-16-8-9-18(24)23(12-16)11-15-4-2-3-5-17(15)20/h2-10,12H,11H2,1H3,(H,22,25). The van der Waals surface area contributed by atoms with Crippen molar-refractivity contribution in [3.63, 3.8) is 0 Å². The molecule has 1 aromatic carbocycles. The number of aromatic nitrogens is 2. The molecule has 25 heavy (non-hydrogen) atoms. The number of carbonyl (C=O) groups excluding carboxylic acids is 1. The van der Waals surface area contributed by atoms with Gasteiger partial charge in [-0.25, -0.2) is 0 Å². The van der Waals surface area contributed by atoms with Gasteiger partial charge in [0.05, 0.1) is 17.8 Å². The van der Waals surface area contributed by atoms with Crippen molar-refractivity contribution < 1.29 is 4.79 Å². The van der Waals surface area contributed by atoms with E-state index in [1.165, 1.54) is 16.8 Å². The molecule has 126 valence electrons. The average Bonchev–Trinajstić information content (AvgIpc) is 2.60. The van der Waals surface area contributed by atoms with Crippen LogP contribution in [-0.2, 0) is 6.54 Å². The molecule has 1 N–H and O–H groups in total. The van der Waals surface area contributed by atoms with Crippen molar-refractivity contribution in [1.82, 2.24) is 9.55 Å². The number of benzene rings is 1. The summed E-state index contributed by atoms with van der Waals surface area (Å²) in [7, 11) is 0. The maximum Gasteiger partial charge on any atom is 0.257 e. The zero-order chi connectivity index (χ0) is 17.8. The minimum absolute atomic E-state index is 0.171. The third kappa shape index (κ3) is 4.14. The molecule has 0 atom stereocenters. The Labute approximate surface area is 149 Å². The van der Waals surface area contributed by atoms with Gasteiger partial charge in [-0.1, -0.05) is 29.8 Å². The number of hydrogen-bond donors (Lipinski definition) is 1. The Bertz CT molecular complexity index is 965. The van der Waals surface area contributed by atoms with Crippen molar-refractivity contribution in [3.8, 4) is 0 Å². The molecular weight excluding hydrogens is 338 g/mol. The van der Waals surface area contributed by atoms with Gasteiger partial charge in [-0.05, 0) is 36.8 Å². The van der Waals surface area contributed by atoms with Gasteiger partial charge in [-0.3, -0.25) is 14.6 Å². The van der Waals surface area contributed by atoms with Gasteiger partial charge >= 0.3 is 0 Å². The second-order valence-corrected chi connectivity index (χ2v) is 6.02. The SMILES string of the molecule is Cc1ccc(C(=O)Nc2ccc(=O)n(Cc3ccccc3Cl)c2)cn1. The summed E-state index contributed by atoms with van der Waals surface area (Å²) in [5.41, 5.74) is 2.48. The Hall–Kier alpha value is -2.92. The summed E-state index contributed by atoms with van der Waals surface area (Å²) >= 11 is 6.15. The number of anilines is 1. The van der Waals surface area contributed by atoms with Crippen molar-refractivity contribution in [3.05, 3.63) is 93.1 Å². The van der Waals surface area contributed by atoms with Crippen molar-refractivity contribution in [2.24, 2.45) is 0 Å². The second-order valence-electron chi connectivity index (χ2n) is 5.62. The van der Waals surface area contributed by atoms with Gasteiger partial charge in [-0.15, -0.1) is 0 Å². The van der Waals surface area contributed by atoms with Gasteiger partial charge in [-0.2, -0.15) is 0 Å². The van der Waals surface area contributed by atoms with Crippen LogP contribution in [0.1, 0.15) is 21.6 Å². The van der Waals surface area contributed by atoms with E-state index in [2.05, 4.69) is 10.3 Å². The molecule has 3 aromatic rings. The molecule has 1 amide bonds. The molecule has 0 saturated heterocycles. The van der Waals surface area contributed by atoms with Crippen LogP contribution in [0, 0.1) is 6.92 Å². The summed E-state index contributed by atoms with van der Waals surface area (Å²) in [5.74, 6) is -0.282. The predicted molar refractivity (Wildman–Crippen MR) is 98.2 cm³/mol. The van der Waals surface area contributed by atoms with E-state index in [0.29, 0.717) is 22.8 Å². The lowest BCUT2D eigenvalue weighted by Gasteiger charge is -2.10. The first-order chi connectivity index (χ1) is 12.0. The summed E-state index contributed by atoms with van der Waals surface area (Å²) in [5, 5.41) is 3.37. The fourth-order valence-corrected chi connectivity index (χ4v) is 2.54. The van der Waals surface area contributed by atoms with E-state index in [-0.39, 0.29) is 11.5 Å². The molecule has 2 aromatic heterocycles. The van der Waals surface area contributed by atoms with Crippen molar-refractivity contribution in [2.75, 3.05) is 5.32 Å². The number of nitrogens with one attached hydrogen (secondary N) is 1. The Balaban J connectivity index is 1.82.